The third kappa shape index (κ3) is 3.98. The standard InChI is InChI=1S/C17H26N2O.ClH/c1-12-6-5-7-14(10-12)13(2)16(20)19-9-8-15(18)17(3,4)11-19;/h5-7,10,13,15H,8-9,11,18H2,1-4H3;1H. The first-order valence-electron chi connectivity index (χ1n) is 7.42. The van der Waals surface area contributed by atoms with Crippen LogP contribution in [0.15, 0.2) is 24.3 Å². The van der Waals surface area contributed by atoms with E-state index < -0.39 is 0 Å². The van der Waals surface area contributed by atoms with Gasteiger partial charge in [-0.05, 0) is 31.2 Å². The molecule has 0 bridgehead atoms. The summed E-state index contributed by atoms with van der Waals surface area (Å²) in [6, 6.07) is 8.40. The lowest BCUT2D eigenvalue weighted by atomic mass is 9.79. The third-order valence-electron chi connectivity index (χ3n) is 4.54. The van der Waals surface area contributed by atoms with E-state index in [0.29, 0.717) is 0 Å². The maximum Gasteiger partial charge on any atom is 0.229 e. The molecular formula is C17H27ClN2O. The van der Waals surface area contributed by atoms with Crippen molar-refractivity contribution in [1.82, 2.24) is 4.90 Å². The van der Waals surface area contributed by atoms with E-state index in [2.05, 4.69) is 32.9 Å². The quantitative estimate of drug-likeness (QED) is 0.912. The van der Waals surface area contributed by atoms with Gasteiger partial charge in [-0.15, -0.1) is 12.4 Å². The predicted octanol–water partition coefficient (Wildman–Crippen LogP) is 3.11. The van der Waals surface area contributed by atoms with Crippen LogP contribution in [-0.2, 0) is 4.79 Å². The van der Waals surface area contributed by atoms with Gasteiger partial charge in [0.15, 0.2) is 0 Å². The molecule has 3 nitrogen and oxygen atoms in total. The Morgan fingerprint density at radius 1 is 1.43 bits per heavy atom. The van der Waals surface area contributed by atoms with Crippen molar-refractivity contribution in [1.29, 1.82) is 0 Å². The number of nitrogens with zero attached hydrogens (tertiary/aromatic N) is 1. The molecule has 1 aromatic carbocycles. The van der Waals surface area contributed by atoms with E-state index in [4.69, 9.17) is 5.73 Å². The summed E-state index contributed by atoms with van der Waals surface area (Å²) in [7, 11) is 0. The van der Waals surface area contributed by atoms with Crippen molar-refractivity contribution in [3.8, 4) is 0 Å². The summed E-state index contributed by atoms with van der Waals surface area (Å²) in [5.41, 5.74) is 8.44. The van der Waals surface area contributed by atoms with Gasteiger partial charge in [0.05, 0.1) is 5.92 Å². The van der Waals surface area contributed by atoms with E-state index in [-0.39, 0.29) is 35.7 Å². The van der Waals surface area contributed by atoms with E-state index in [1.807, 2.05) is 24.0 Å². The normalized spacial score (nSPS) is 22.3. The average molecular weight is 311 g/mol. The number of amides is 1. The van der Waals surface area contributed by atoms with E-state index in [0.717, 1.165) is 25.1 Å². The number of aryl methyl sites for hydroxylation is 1. The molecule has 118 valence electrons. The summed E-state index contributed by atoms with van der Waals surface area (Å²) in [5.74, 6) is 0.135. The molecule has 1 heterocycles. The van der Waals surface area contributed by atoms with Crippen molar-refractivity contribution >= 4 is 18.3 Å². The maximum atomic E-state index is 12.7. The molecule has 0 aliphatic carbocycles. The van der Waals surface area contributed by atoms with Crippen molar-refractivity contribution in [2.75, 3.05) is 13.1 Å². The first kappa shape index (κ1) is 18.0. The van der Waals surface area contributed by atoms with E-state index in [1.54, 1.807) is 0 Å². The van der Waals surface area contributed by atoms with Crippen LogP contribution in [0.4, 0.5) is 0 Å². The van der Waals surface area contributed by atoms with E-state index in [1.165, 1.54) is 5.56 Å². The lowest BCUT2D eigenvalue weighted by Crippen LogP contribution is -2.54. The van der Waals surface area contributed by atoms with Gasteiger partial charge in [-0.25, -0.2) is 0 Å². The number of carbonyl (C=O) groups excluding carboxylic acids is 1. The third-order valence-corrected chi connectivity index (χ3v) is 4.54. The molecule has 2 unspecified atom stereocenters. The van der Waals surface area contributed by atoms with Crippen molar-refractivity contribution < 1.29 is 4.79 Å². The summed E-state index contributed by atoms with van der Waals surface area (Å²) in [4.78, 5) is 14.7. The topological polar surface area (TPSA) is 46.3 Å². The van der Waals surface area contributed by atoms with Gasteiger partial charge in [0.1, 0.15) is 0 Å². The number of hydrogen-bond donors (Lipinski definition) is 1. The maximum absolute atomic E-state index is 12.7. The van der Waals surface area contributed by atoms with Crippen LogP contribution in [0.25, 0.3) is 0 Å². The smallest absolute Gasteiger partial charge is 0.229 e. The van der Waals surface area contributed by atoms with Crippen LogP contribution in [0, 0.1) is 12.3 Å². The molecule has 2 rings (SSSR count). The number of likely N-dealkylation sites (tertiary alicyclic amines) is 1. The second kappa shape index (κ2) is 6.80. The molecule has 21 heavy (non-hydrogen) atoms. The Bertz CT molecular complexity index is 501. The number of nitrogens with two attached hydrogens (primary N) is 1. The molecule has 0 radical (unpaired) electrons. The zero-order valence-corrected chi connectivity index (χ0v) is 14.2. The van der Waals surface area contributed by atoms with Crippen molar-refractivity contribution in [2.24, 2.45) is 11.1 Å². The number of rotatable bonds is 2. The second-order valence-corrected chi connectivity index (χ2v) is 6.78. The van der Waals surface area contributed by atoms with Gasteiger partial charge in [0.2, 0.25) is 5.91 Å². The fourth-order valence-corrected chi connectivity index (χ4v) is 2.92. The molecule has 0 saturated carbocycles. The largest absolute Gasteiger partial charge is 0.342 e. The summed E-state index contributed by atoms with van der Waals surface area (Å²) in [6.07, 6.45) is 0.888. The van der Waals surface area contributed by atoms with E-state index >= 15 is 0 Å². The summed E-state index contributed by atoms with van der Waals surface area (Å²) < 4.78 is 0. The van der Waals surface area contributed by atoms with Crippen LogP contribution in [-0.4, -0.2) is 29.9 Å². The molecule has 1 aliphatic heterocycles. The molecule has 2 atom stereocenters. The fraction of sp³-hybridized carbons (Fsp3) is 0.588. The van der Waals surface area contributed by atoms with Crippen LogP contribution >= 0.6 is 12.4 Å². The predicted molar refractivity (Wildman–Crippen MR) is 89.8 cm³/mol. The second-order valence-electron chi connectivity index (χ2n) is 6.78. The molecule has 1 aliphatic rings. The minimum atomic E-state index is -0.0833. The van der Waals surface area contributed by atoms with Gasteiger partial charge in [-0.2, -0.15) is 0 Å². The fourth-order valence-electron chi connectivity index (χ4n) is 2.92. The van der Waals surface area contributed by atoms with Crippen LogP contribution in [0.3, 0.4) is 0 Å². The minimum absolute atomic E-state index is 0. The zero-order chi connectivity index (χ0) is 14.9. The number of benzene rings is 1. The van der Waals surface area contributed by atoms with Gasteiger partial charge >= 0.3 is 0 Å². The minimum Gasteiger partial charge on any atom is -0.342 e. The Hall–Kier alpha value is -1.06. The molecule has 1 aromatic rings. The Morgan fingerprint density at radius 2 is 2.10 bits per heavy atom. The van der Waals surface area contributed by atoms with Gasteiger partial charge in [-0.1, -0.05) is 43.7 Å². The molecule has 4 heteroatoms. The van der Waals surface area contributed by atoms with Crippen LogP contribution < -0.4 is 5.73 Å². The van der Waals surface area contributed by atoms with Crippen molar-refractivity contribution in [2.45, 2.75) is 46.1 Å². The monoisotopic (exact) mass is 310 g/mol. The summed E-state index contributed by atoms with van der Waals surface area (Å²) in [6.45, 7) is 9.88. The molecular weight excluding hydrogens is 284 g/mol. The van der Waals surface area contributed by atoms with Crippen LogP contribution in [0.5, 0.6) is 0 Å². The number of carbonyl (C=O) groups is 1. The Labute approximate surface area is 134 Å². The summed E-state index contributed by atoms with van der Waals surface area (Å²) >= 11 is 0. The van der Waals surface area contributed by atoms with Gasteiger partial charge in [-0.3, -0.25) is 4.79 Å². The molecule has 2 N–H and O–H groups in total. The Morgan fingerprint density at radius 3 is 2.67 bits per heavy atom. The summed E-state index contributed by atoms with van der Waals surface area (Å²) in [5, 5.41) is 0. The number of piperidine rings is 1. The molecule has 0 spiro atoms. The first-order chi connectivity index (χ1) is 9.31. The highest BCUT2D eigenvalue weighted by Gasteiger charge is 2.36. The number of hydrogen-bond acceptors (Lipinski definition) is 2. The van der Waals surface area contributed by atoms with Gasteiger partial charge < -0.3 is 10.6 Å². The first-order valence-corrected chi connectivity index (χ1v) is 7.42. The SMILES string of the molecule is Cc1cccc(C(C)C(=O)N2CCC(N)C(C)(C)C2)c1.Cl. The van der Waals surface area contributed by atoms with Crippen molar-refractivity contribution in [3.05, 3.63) is 35.4 Å². The van der Waals surface area contributed by atoms with Crippen molar-refractivity contribution in [3.63, 3.8) is 0 Å². The molecule has 1 amide bonds. The highest BCUT2D eigenvalue weighted by Crippen LogP contribution is 2.30. The number of halogens is 1. The molecule has 0 aromatic heterocycles. The zero-order valence-electron chi connectivity index (χ0n) is 13.4. The van der Waals surface area contributed by atoms with Crippen LogP contribution in [0.2, 0.25) is 0 Å². The molecule has 1 saturated heterocycles. The molecule has 1 fully saturated rings. The highest BCUT2D eigenvalue weighted by molar-refractivity contribution is 5.85. The van der Waals surface area contributed by atoms with E-state index in [9.17, 15) is 4.79 Å². The Balaban J connectivity index is 0.00000220. The lowest BCUT2D eigenvalue weighted by Gasteiger charge is -2.43. The highest BCUT2D eigenvalue weighted by atomic mass is 35.5. The van der Waals surface area contributed by atoms with Gasteiger partial charge in [0, 0.05) is 19.1 Å². The average Bonchev–Trinajstić information content (AvgIpc) is 2.40. The van der Waals surface area contributed by atoms with Crippen LogP contribution in [0.1, 0.15) is 44.2 Å². The lowest BCUT2D eigenvalue weighted by molar-refractivity contribution is -0.135. The van der Waals surface area contributed by atoms with Gasteiger partial charge in [0.25, 0.3) is 0 Å². The Kier molecular flexibility index (Phi) is 5.83.